The summed E-state index contributed by atoms with van der Waals surface area (Å²) in [6, 6.07) is 15.1. The maximum Gasteiger partial charge on any atom is 0.191 e. The Morgan fingerprint density at radius 3 is 2.60 bits per heavy atom. The van der Waals surface area contributed by atoms with Crippen LogP contribution in [0.5, 0.6) is 5.75 Å². The average molecular weight is 526 g/mol. The van der Waals surface area contributed by atoms with Gasteiger partial charge in [0.25, 0.3) is 0 Å². The molecule has 164 valence electrons. The minimum Gasteiger partial charge on any atom is -0.497 e. The van der Waals surface area contributed by atoms with Gasteiger partial charge in [0, 0.05) is 32.2 Å². The molecule has 2 N–H and O–H groups in total. The molecule has 2 aromatic rings. The molecule has 1 aliphatic heterocycles. The second kappa shape index (κ2) is 12.7. The van der Waals surface area contributed by atoms with E-state index in [9.17, 15) is 4.39 Å². The SMILES string of the molecule is CN=C(NCc1cccc(OC)c1)NCC1CCN(Cc2ccccc2F)CC1.I. The molecule has 0 radical (unpaired) electrons. The van der Waals surface area contributed by atoms with Crippen LogP contribution in [0.25, 0.3) is 0 Å². The fourth-order valence-corrected chi connectivity index (χ4v) is 3.65. The van der Waals surface area contributed by atoms with E-state index in [1.165, 1.54) is 6.07 Å². The Morgan fingerprint density at radius 2 is 1.90 bits per heavy atom. The van der Waals surface area contributed by atoms with Gasteiger partial charge in [-0.05, 0) is 55.6 Å². The van der Waals surface area contributed by atoms with Crippen molar-refractivity contribution in [3.8, 4) is 5.75 Å². The number of methoxy groups -OCH3 is 1. The third-order valence-electron chi connectivity index (χ3n) is 5.43. The number of hydrogen-bond donors (Lipinski definition) is 2. The van der Waals surface area contributed by atoms with E-state index in [2.05, 4.69) is 26.6 Å². The van der Waals surface area contributed by atoms with Crippen LogP contribution in [0.15, 0.2) is 53.5 Å². The highest BCUT2D eigenvalue weighted by Gasteiger charge is 2.20. The first kappa shape index (κ1) is 24.4. The van der Waals surface area contributed by atoms with E-state index in [0.29, 0.717) is 19.0 Å². The molecule has 30 heavy (non-hydrogen) atoms. The van der Waals surface area contributed by atoms with Crippen LogP contribution >= 0.6 is 24.0 Å². The van der Waals surface area contributed by atoms with Gasteiger partial charge in [-0.15, -0.1) is 24.0 Å². The average Bonchev–Trinajstić information content (AvgIpc) is 2.76. The summed E-state index contributed by atoms with van der Waals surface area (Å²) < 4.78 is 19.1. The van der Waals surface area contributed by atoms with Crippen molar-refractivity contribution in [2.75, 3.05) is 33.8 Å². The molecule has 0 amide bonds. The van der Waals surface area contributed by atoms with Crippen molar-refractivity contribution in [2.45, 2.75) is 25.9 Å². The van der Waals surface area contributed by atoms with E-state index < -0.39 is 0 Å². The summed E-state index contributed by atoms with van der Waals surface area (Å²) in [6.07, 6.45) is 2.21. The summed E-state index contributed by atoms with van der Waals surface area (Å²) in [5.74, 6) is 2.15. The topological polar surface area (TPSA) is 48.9 Å². The third-order valence-corrected chi connectivity index (χ3v) is 5.43. The first-order chi connectivity index (χ1) is 14.2. The Kier molecular flexibility index (Phi) is 10.4. The van der Waals surface area contributed by atoms with Gasteiger partial charge in [0.05, 0.1) is 7.11 Å². The number of guanidine groups is 1. The highest BCUT2D eigenvalue weighted by atomic mass is 127. The molecule has 2 aromatic carbocycles. The summed E-state index contributed by atoms with van der Waals surface area (Å²) in [6.45, 7) is 4.27. The van der Waals surface area contributed by atoms with Gasteiger partial charge in [-0.25, -0.2) is 4.39 Å². The summed E-state index contributed by atoms with van der Waals surface area (Å²) in [5.41, 5.74) is 1.93. The van der Waals surface area contributed by atoms with E-state index in [1.54, 1.807) is 20.2 Å². The predicted molar refractivity (Wildman–Crippen MR) is 131 cm³/mol. The van der Waals surface area contributed by atoms with Crippen molar-refractivity contribution < 1.29 is 9.13 Å². The summed E-state index contributed by atoms with van der Waals surface area (Å²) in [5, 5.41) is 6.80. The van der Waals surface area contributed by atoms with Crippen molar-refractivity contribution in [3.05, 3.63) is 65.5 Å². The summed E-state index contributed by atoms with van der Waals surface area (Å²) >= 11 is 0. The Bertz CT molecular complexity index is 809. The first-order valence-electron chi connectivity index (χ1n) is 10.2. The quantitative estimate of drug-likeness (QED) is 0.325. The van der Waals surface area contributed by atoms with Crippen molar-refractivity contribution in [1.82, 2.24) is 15.5 Å². The van der Waals surface area contributed by atoms with Crippen LogP contribution in [0.3, 0.4) is 0 Å². The van der Waals surface area contributed by atoms with Crippen LogP contribution < -0.4 is 15.4 Å². The number of likely N-dealkylation sites (tertiary alicyclic amines) is 1. The minimum atomic E-state index is -0.109. The normalized spacial score (nSPS) is 15.4. The van der Waals surface area contributed by atoms with Crippen LogP contribution in [-0.4, -0.2) is 44.7 Å². The van der Waals surface area contributed by atoms with E-state index in [-0.39, 0.29) is 29.8 Å². The Balaban J connectivity index is 0.00000320. The molecule has 0 saturated carbocycles. The number of piperidine rings is 1. The van der Waals surface area contributed by atoms with Crippen molar-refractivity contribution >= 4 is 29.9 Å². The molecule has 0 aromatic heterocycles. The number of rotatable bonds is 7. The van der Waals surface area contributed by atoms with E-state index in [0.717, 1.165) is 55.3 Å². The molecule has 7 heteroatoms. The maximum atomic E-state index is 13.8. The van der Waals surface area contributed by atoms with Gasteiger partial charge >= 0.3 is 0 Å². The van der Waals surface area contributed by atoms with Crippen LogP contribution in [0.4, 0.5) is 4.39 Å². The second-order valence-corrected chi connectivity index (χ2v) is 7.47. The zero-order valence-corrected chi connectivity index (χ0v) is 20.1. The fraction of sp³-hybridized carbons (Fsp3) is 0.435. The van der Waals surface area contributed by atoms with Gasteiger partial charge in [0.15, 0.2) is 5.96 Å². The first-order valence-corrected chi connectivity index (χ1v) is 10.2. The van der Waals surface area contributed by atoms with Gasteiger partial charge < -0.3 is 15.4 Å². The van der Waals surface area contributed by atoms with E-state index in [1.807, 2.05) is 30.3 Å². The van der Waals surface area contributed by atoms with Gasteiger partial charge in [0.1, 0.15) is 11.6 Å². The maximum absolute atomic E-state index is 13.8. The third kappa shape index (κ3) is 7.43. The monoisotopic (exact) mass is 526 g/mol. The number of nitrogens with one attached hydrogen (secondary N) is 2. The molecule has 0 atom stereocenters. The molecule has 0 bridgehead atoms. The van der Waals surface area contributed by atoms with Gasteiger partial charge in [-0.1, -0.05) is 30.3 Å². The van der Waals surface area contributed by atoms with Gasteiger partial charge in [0.2, 0.25) is 0 Å². The molecule has 5 nitrogen and oxygen atoms in total. The largest absolute Gasteiger partial charge is 0.497 e. The number of aliphatic imine (C=N–C) groups is 1. The second-order valence-electron chi connectivity index (χ2n) is 7.47. The Hall–Kier alpha value is -1.87. The molecular formula is C23H32FIN4O. The predicted octanol–water partition coefficient (Wildman–Crippen LogP) is 4.03. The molecule has 1 fully saturated rings. The molecule has 1 aliphatic rings. The van der Waals surface area contributed by atoms with Crippen molar-refractivity contribution in [3.63, 3.8) is 0 Å². The zero-order valence-electron chi connectivity index (χ0n) is 17.7. The number of halogens is 2. The number of hydrogen-bond acceptors (Lipinski definition) is 3. The lowest BCUT2D eigenvalue weighted by molar-refractivity contribution is 0.176. The molecule has 0 aliphatic carbocycles. The lowest BCUT2D eigenvalue weighted by atomic mass is 9.96. The van der Waals surface area contributed by atoms with E-state index >= 15 is 0 Å². The van der Waals surface area contributed by atoms with Crippen LogP contribution in [0.2, 0.25) is 0 Å². The van der Waals surface area contributed by atoms with Crippen LogP contribution in [0, 0.1) is 11.7 Å². The smallest absolute Gasteiger partial charge is 0.191 e. The summed E-state index contributed by atoms with van der Waals surface area (Å²) in [4.78, 5) is 6.66. The van der Waals surface area contributed by atoms with Crippen LogP contribution in [0.1, 0.15) is 24.0 Å². The minimum absolute atomic E-state index is 0. The lowest BCUT2D eigenvalue weighted by Gasteiger charge is -2.32. The highest BCUT2D eigenvalue weighted by molar-refractivity contribution is 14.0. The number of ether oxygens (including phenoxy) is 1. The molecule has 1 heterocycles. The molecule has 3 rings (SSSR count). The number of nitrogens with zero attached hydrogens (tertiary/aromatic N) is 2. The molecule has 0 unspecified atom stereocenters. The van der Waals surface area contributed by atoms with E-state index in [4.69, 9.17) is 4.74 Å². The highest BCUT2D eigenvalue weighted by Crippen LogP contribution is 2.19. The lowest BCUT2D eigenvalue weighted by Crippen LogP contribution is -2.42. The Morgan fingerprint density at radius 1 is 1.13 bits per heavy atom. The molecule has 1 saturated heterocycles. The van der Waals surface area contributed by atoms with Crippen molar-refractivity contribution in [1.29, 1.82) is 0 Å². The van der Waals surface area contributed by atoms with Gasteiger partial charge in [-0.2, -0.15) is 0 Å². The summed E-state index contributed by atoms with van der Waals surface area (Å²) in [7, 11) is 3.46. The number of benzene rings is 2. The van der Waals surface area contributed by atoms with Crippen molar-refractivity contribution in [2.24, 2.45) is 10.9 Å². The zero-order chi connectivity index (χ0) is 20.5. The fourth-order valence-electron chi connectivity index (χ4n) is 3.65. The van der Waals surface area contributed by atoms with Gasteiger partial charge in [-0.3, -0.25) is 9.89 Å². The van der Waals surface area contributed by atoms with Crippen LogP contribution in [-0.2, 0) is 13.1 Å². The molecular weight excluding hydrogens is 494 g/mol. The standard InChI is InChI=1S/C23H31FN4O.HI/c1-25-23(27-16-19-6-5-8-21(14-19)29-2)26-15-18-10-12-28(13-11-18)17-20-7-3-4-9-22(20)24;/h3-9,14,18H,10-13,15-17H2,1-2H3,(H2,25,26,27);1H. The Labute approximate surface area is 196 Å². The molecule has 0 spiro atoms.